The summed E-state index contributed by atoms with van der Waals surface area (Å²) in [7, 11) is 1.53. The zero-order valence-corrected chi connectivity index (χ0v) is 19.9. The average Bonchev–Trinajstić information content (AvgIpc) is 3.43. The highest BCUT2D eigenvalue weighted by Crippen LogP contribution is 2.39. The molecule has 5 rings (SSSR count). The number of fused-ring (bicyclic) bond motifs is 1. The zero-order chi connectivity index (χ0) is 25.4. The number of hydrogen-bond acceptors (Lipinski definition) is 8. The highest BCUT2D eigenvalue weighted by molar-refractivity contribution is 5.92. The molecule has 4 aromatic rings. The Morgan fingerprint density at radius 3 is 2.58 bits per heavy atom. The Bertz CT molecular complexity index is 1370. The number of halogens is 3. The van der Waals surface area contributed by atoms with Gasteiger partial charge >= 0.3 is 6.18 Å². The Morgan fingerprint density at radius 1 is 1.14 bits per heavy atom. The van der Waals surface area contributed by atoms with E-state index in [2.05, 4.69) is 30.7 Å². The normalized spacial score (nSPS) is 14.8. The summed E-state index contributed by atoms with van der Waals surface area (Å²) >= 11 is 0. The Labute approximate surface area is 204 Å². The monoisotopic (exact) mass is 502 g/mol. The lowest BCUT2D eigenvalue weighted by molar-refractivity contribution is -0.136. The minimum atomic E-state index is -4.56. The van der Waals surface area contributed by atoms with Gasteiger partial charge in [0, 0.05) is 31.0 Å². The topological polar surface area (TPSA) is 110 Å². The van der Waals surface area contributed by atoms with Crippen LogP contribution in [0.3, 0.4) is 0 Å². The van der Waals surface area contributed by atoms with Gasteiger partial charge in [-0.05, 0) is 44.4 Å². The highest BCUT2D eigenvalue weighted by Gasteiger charge is 2.36. The summed E-state index contributed by atoms with van der Waals surface area (Å²) < 4.78 is 57.3. The first kappa shape index (κ1) is 23.9. The third kappa shape index (κ3) is 4.55. The van der Waals surface area contributed by atoms with E-state index in [-0.39, 0.29) is 28.8 Å². The molecule has 1 aliphatic heterocycles. The maximum absolute atomic E-state index is 13.7. The number of nitrogens with one attached hydrogen (secondary N) is 3. The van der Waals surface area contributed by atoms with Gasteiger partial charge in [-0.15, -0.1) is 0 Å². The van der Waals surface area contributed by atoms with Gasteiger partial charge in [-0.3, -0.25) is 0 Å². The highest BCUT2D eigenvalue weighted by atomic mass is 19.4. The molecule has 1 saturated heterocycles. The molecule has 0 amide bonds. The van der Waals surface area contributed by atoms with Crippen LogP contribution < -0.4 is 15.4 Å². The second-order valence-electron chi connectivity index (χ2n) is 8.59. The Balaban J connectivity index is 1.53. The van der Waals surface area contributed by atoms with Gasteiger partial charge in [-0.2, -0.15) is 23.1 Å². The van der Waals surface area contributed by atoms with E-state index in [9.17, 15) is 13.2 Å². The van der Waals surface area contributed by atoms with E-state index in [1.807, 2.05) is 26.0 Å². The number of benzene rings is 1. The van der Waals surface area contributed by atoms with Gasteiger partial charge in [0.05, 0.1) is 29.4 Å². The summed E-state index contributed by atoms with van der Waals surface area (Å²) in [4.78, 5) is 11.4. The lowest BCUT2D eigenvalue weighted by atomic mass is 10.0. The molecule has 1 aliphatic rings. The number of anilines is 3. The molecule has 0 saturated carbocycles. The first-order chi connectivity index (χ1) is 17.2. The molecule has 3 aromatic heterocycles. The molecule has 0 atom stereocenters. The van der Waals surface area contributed by atoms with E-state index in [1.165, 1.54) is 7.11 Å². The first-order valence-corrected chi connectivity index (χ1v) is 11.4. The molecular formula is C24H25F3N6O3. The van der Waals surface area contributed by atoms with Crippen molar-refractivity contribution < 1.29 is 27.2 Å². The Morgan fingerprint density at radius 2 is 1.92 bits per heavy atom. The fourth-order valence-corrected chi connectivity index (χ4v) is 4.42. The molecule has 0 spiro atoms. The molecule has 3 N–H and O–H groups in total. The van der Waals surface area contributed by atoms with Crippen molar-refractivity contribution in [3.63, 3.8) is 0 Å². The van der Waals surface area contributed by atoms with Crippen LogP contribution in [0.25, 0.3) is 22.2 Å². The summed E-state index contributed by atoms with van der Waals surface area (Å²) in [6.45, 7) is 4.75. The van der Waals surface area contributed by atoms with Gasteiger partial charge in [0.1, 0.15) is 23.0 Å². The van der Waals surface area contributed by atoms with Crippen molar-refractivity contribution in [1.29, 1.82) is 0 Å². The van der Waals surface area contributed by atoms with E-state index >= 15 is 0 Å². The van der Waals surface area contributed by atoms with Gasteiger partial charge in [0.2, 0.25) is 5.95 Å². The zero-order valence-electron chi connectivity index (χ0n) is 19.9. The van der Waals surface area contributed by atoms with Crippen LogP contribution in [-0.4, -0.2) is 46.5 Å². The molecule has 0 aliphatic carbocycles. The summed E-state index contributed by atoms with van der Waals surface area (Å²) in [5, 5.41) is 10.2. The molecule has 12 heteroatoms. The lowest BCUT2D eigenvalue weighted by Crippen LogP contribution is -2.28. The van der Waals surface area contributed by atoms with Crippen LogP contribution in [-0.2, 0) is 10.9 Å². The van der Waals surface area contributed by atoms with Gasteiger partial charge in [-0.25, -0.2) is 0 Å². The van der Waals surface area contributed by atoms with Crippen molar-refractivity contribution in [3.05, 3.63) is 41.4 Å². The number of ether oxygens (including phenoxy) is 2. The lowest BCUT2D eigenvalue weighted by Gasteiger charge is -2.24. The van der Waals surface area contributed by atoms with Gasteiger partial charge in [0.25, 0.3) is 0 Å². The molecule has 9 nitrogen and oxygen atoms in total. The Hall–Kier alpha value is -3.80. The number of alkyl halides is 3. The van der Waals surface area contributed by atoms with Crippen LogP contribution in [0.1, 0.15) is 29.9 Å². The van der Waals surface area contributed by atoms with Crippen molar-refractivity contribution in [2.75, 3.05) is 31.0 Å². The van der Waals surface area contributed by atoms with Crippen molar-refractivity contribution >= 4 is 28.5 Å². The molecule has 1 aromatic carbocycles. The van der Waals surface area contributed by atoms with Gasteiger partial charge < -0.3 is 29.6 Å². The molecule has 1 fully saturated rings. The molecule has 36 heavy (non-hydrogen) atoms. The smallest absolute Gasteiger partial charge is 0.418 e. The minimum Gasteiger partial charge on any atom is -0.495 e. The number of rotatable bonds is 6. The number of aromatic nitrogens is 4. The number of hydrogen-bond donors (Lipinski definition) is 3. The summed E-state index contributed by atoms with van der Waals surface area (Å²) in [5.41, 5.74) is 2.27. The molecular weight excluding hydrogens is 477 g/mol. The second kappa shape index (κ2) is 9.34. The van der Waals surface area contributed by atoms with E-state index < -0.39 is 11.7 Å². The van der Waals surface area contributed by atoms with Crippen molar-refractivity contribution in [2.24, 2.45) is 0 Å². The van der Waals surface area contributed by atoms with Crippen molar-refractivity contribution in [3.8, 4) is 16.9 Å². The number of methoxy groups -OCH3 is 1. The maximum Gasteiger partial charge on any atom is 0.418 e. The third-order valence-electron chi connectivity index (χ3n) is 6.17. The maximum atomic E-state index is 13.7. The summed E-state index contributed by atoms with van der Waals surface area (Å²) in [5.74, 6) is 1.41. The van der Waals surface area contributed by atoms with E-state index in [0.717, 1.165) is 23.0 Å². The van der Waals surface area contributed by atoms with Gasteiger partial charge in [-0.1, -0.05) is 11.2 Å². The summed E-state index contributed by atoms with van der Waals surface area (Å²) in [6, 6.07) is 5.41. The average molecular weight is 502 g/mol. The SMILES string of the molecule is COc1cc(-c2c(C)noc2C)ccc1Nc1nc(NC2CCOCC2)c2c(C(F)(F)F)c[nH]c2n1. The fraction of sp³-hybridized carbons (Fsp3) is 0.375. The van der Waals surface area contributed by atoms with Crippen LogP contribution in [0, 0.1) is 13.8 Å². The largest absolute Gasteiger partial charge is 0.495 e. The van der Waals surface area contributed by atoms with E-state index in [4.69, 9.17) is 14.0 Å². The molecule has 0 bridgehead atoms. The van der Waals surface area contributed by atoms with Crippen molar-refractivity contribution in [2.45, 2.75) is 38.9 Å². The standard InChI is InChI=1S/C24H25F3N6O3/c1-12-19(13(2)36-33-12)14-4-5-17(18(10-14)34-3)30-23-31-21-20(16(11-28-21)24(25,26)27)22(32-23)29-15-6-8-35-9-7-15/h4-5,10-11,15H,6-9H2,1-3H3,(H3,28,29,30,31,32). The predicted octanol–water partition coefficient (Wildman–Crippen LogP) is 5.59. The second-order valence-corrected chi connectivity index (χ2v) is 8.59. The number of aryl methyl sites for hydroxylation is 2. The molecule has 0 radical (unpaired) electrons. The van der Waals surface area contributed by atoms with Gasteiger partial charge in [0.15, 0.2) is 0 Å². The predicted molar refractivity (Wildman–Crippen MR) is 128 cm³/mol. The van der Waals surface area contributed by atoms with Crippen LogP contribution in [0.15, 0.2) is 28.9 Å². The minimum absolute atomic E-state index is 0.0652. The van der Waals surface area contributed by atoms with Crippen LogP contribution in [0.5, 0.6) is 5.75 Å². The van der Waals surface area contributed by atoms with E-state index in [0.29, 0.717) is 43.3 Å². The Kier molecular flexibility index (Phi) is 6.20. The third-order valence-corrected chi connectivity index (χ3v) is 6.17. The summed E-state index contributed by atoms with van der Waals surface area (Å²) in [6.07, 6.45) is -2.31. The van der Waals surface area contributed by atoms with Crippen LogP contribution in [0.2, 0.25) is 0 Å². The van der Waals surface area contributed by atoms with Crippen LogP contribution in [0.4, 0.5) is 30.6 Å². The molecule has 190 valence electrons. The molecule has 0 unspecified atom stereocenters. The first-order valence-electron chi connectivity index (χ1n) is 11.4. The van der Waals surface area contributed by atoms with Crippen LogP contribution >= 0.6 is 0 Å². The number of aromatic amines is 1. The fourth-order valence-electron chi connectivity index (χ4n) is 4.42. The van der Waals surface area contributed by atoms with E-state index in [1.54, 1.807) is 6.07 Å². The van der Waals surface area contributed by atoms with Crippen molar-refractivity contribution in [1.82, 2.24) is 20.1 Å². The quantitative estimate of drug-likeness (QED) is 0.313. The number of H-pyrrole nitrogens is 1. The number of nitrogens with zero attached hydrogens (tertiary/aromatic N) is 3. The molecule has 4 heterocycles.